The SMILES string of the molecule is CCCc1ccc(N)cc1S(=O)(=O)O. The Bertz CT molecular complexity index is 426. The van der Waals surface area contributed by atoms with Gasteiger partial charge in [0.05, 0.1) is 4.90 Å². The predicted molar refractivity (Wildman–Crippen MR) is 54.7 cm³/mol. The van der Waals surface area contributed by atoms with Gasteiger partial charge in [-0.05, 0) is 24.1 Å². The highest BCUT2D eigenvalue weighted by molar-refractivity contribution is 7.85. The van der Waals surface area contributed by atoms with Crippen molar-refractivity contribution in [1.29, 1.82) is 0 Å². The number of hydrogen-bond donors (Lipinski definition) is 2. The van der Waals surface area contributed by atoms with Crippen LogP contribution >= 0.6 is 0 Å². The van der Waals surface area contributed by atoms with Gasteiger partial charge in [-0.25, -0.2) is 0 Å². The first-order valence-corrected chi connectivity index (χ1v) is 5.75. The molecule has 0 radical (unpaired) electrons. The van der Waals surface area contributed by atoms with Crippen molar-refractivity contribution in [2.45, 2.75) is 24.7 Å². The Morgan fingerprint density at radius 2 is 2.07 bits per heavy atom. The average Bonchev–Trinajstić information content (AvgIpc) is 2.07. The van der Waals surface area contributed by atoms with Crippen molar-refractivity contribution < 1.29 is 13.0 Å². The Kier molecular flexibility index (Phi) is 3.13. The van der Waals surface area contributed by atoms with E-state index in [1.54, 1.807) is 12.1 Å². The van der Waals surface area contributed by atoms with Crippen LogP contribution in [0.4, 0.5) is 5.69 Å². The van der Waals surface area contributed by atoms with Gasteiger partial charge >= 0.3 is 0 Å². The molecule has 14 heavy (non-hydrogen) atoms. The predicted octanol–water partition coefficient (Wildman–Crippen LogP) is 1.47. The van der Waals surface area contributed by atoms with Gasteiger partial charge in [-0.2, -0.15) is 8.42 Å². The van der Waals surface area contributed by atoms with Crippen molar-refractivity contribution >= 4 is 15.8 Å². The van der Waals surface area contributed by atoms with Crippen molar-refractivity contribution in [3.63, 3.8) is 0 Å². The van der Waals surface area contributed by atoms with Crippen LogP contribution in [0.2, 0.25) is 0 Å². The molecule has 0 atom stereocenters. The van der Waals surface area contributed by atoms with Crippen LogP contribution in [-0.2, 0) is 16.5 Å². The Hall–Kier alpha value is -1.07. The van der Waals surface area contributed by atoms with E-state index in [0.717, 1.165) is 6.42 Å². The van der Waals surface area contributed by atoms with Crippen LogP contribution in [0.25, 0.3) is 0 Å². The highest BCUT2D eigenvalue weighted by Crippen LogP contribution is 2.20. The maximum Gasteiger partial charge on any atom is 0.294 e. The standard InChI is InChI=1S/C9H13NO3S/c1-2-3-7-4-5-8(10)6-9(7)14(11,12)13/h4-6H,2-3,10H2,1H3,(H,11,12,13). The molecule has 1 aromatic carbocycles. The lowest BCUT2D eigenvalue weighted by atomic mass is 10.1. The Morgan fingerprint density at radius 1 is 1.43 bits per heavy atom. The fourth-order valence-electron chi connectivity index (χ4n) is 1.29. The van der Waals surface area contributed by atoms with Crippen LogP contribution in [0.15, 0.2) is 23.1 Å². The molecule has 0 heterocycles. The molecule has 0 unspecified atom stereocenters. The minimum Gasteiger partial charge on any atom is -0.399 e. The molecule has 0 fully saturated rings. The van der Waals surface area contributed by atoms with Crippen LogP contribution in [0, 0.1) is 0 Å². The summed E-state index contributed by atoms with van der Waals surface area (Å²) >= 11 is 0. The molecule has 78 valence electrons. The molecule has 0 saturated heterocycles. The first-order valence-electron chi connectivity index (χ1n) is 4.31. The van der Waals surface area contributed by atoms with Crippen LogP contribution in [-0.4, -0.2) is 13.0 Å². The van der Waals surface area contributed by atoms with Crippen molar-refractivity contribution in [1.82, 2.24) is 0 Å². The van der Waals surface area contributed by atoms with Crippen molar-refractivity contribution in [3.8, 4) is 0 Å². The van der Waals surface area contributed by atoms with Crippen LogP contribution in [0.1, 0.15) is 18.9 Å². The number of anilines is 1. The maximum atomic E-state index is 11.0. The molecule has 0 amide bonds. The number of aryl methyl sites for hydroxylation is 1. The van der Waals surface area contributed by atoms with Gasteiger partial charge in [-0.15, -0.1) is 0 Å². The molecule has 0 spiro atoms. The van der Waals surface area contributed by atoms with Gasteiger partial charge in [0.25, 0.3) is 10.1 Å². The normalized spacial score (nSPS) is 11.6. The fourth-order valence-corrected chi connectivity index (χ4v) is 2.07. The van der Waals surface area contributed by atoms with Gasteiger partial charge < -0.3 is 5.73 Å². The summed E-state index contributed by atoms with van der Waals surface area (Å²) in [4.78, 5) is -0.0839. The molecule has 0 aliphatic rings. The molecule has 0 aromatic heterocycles. The monoisotopic (exact) mass is 215 g/mol. The van der Waals surface area contributed by atoms with E-state index in [-0.39, 0.29) is 4.90 Å². The largest absolute Gasteiger partial charge is 0.399 e. The number of hydrogen-bond acceptors (Lipinski definition) is 3. The molecule has 1 rings (SSSR count). The fraction of sp³-hybridized carbons (Fsp3) is 0.333. The zero-order chi connectivity index (χ0) is 10.8. The molecule has 0 saturated carbocycles. The Morgan fingerprint density at radius 3 is 2.57 bits per heavy atom. The van der Waals surface area contributed by atoms with E-state index >= 15 is 0 Å². The lowest BCUT2D eigenvalue weighted by Gasteiger charge is -2.06. The third kappa shape index (κ3) is 2.46. The molecular weight excluding hydrogens is 202 g/mol. The molecular formula is C9H13NO3S. The van der Waals surface area contributed by atoms with Crippen molar-refractivity contribution in [2.75, 3.05) is 5.73 Å². The molecule has 4 nitrogen and oxygen atoms in total. The van der Waals surface area contributed by atoms with E-state index in [2.05, 4.69) is 0 Å². The zero-order valence-electron chi connectivity index (χ0n) is 7.90. The van der Waals surface area contributed by atoms with E-state index in [4.69, 9.17) is 10.3 Å². The summed E-state index contributed by atoms with van der Waals surface area (Å²) in [5, 5.41) is 0. The van der Waals surface area contributed by atoms with Crippen LogP contribution < -0.4 is 5.73 Å². The van der Waals surface area contributed by atoms with Gasteiger partial charge in [0.1, 0.15) is 0 Å². The summed E-state index contributed by atoms with van der Waals surface area (Å²) in [6.07, 6.45) is 1.42. The third-order valence-electron chi connectivity index (χ3n) is 1.89. The molecule has 0 aliphatic carbocycles. The summed E-state index contributed by atoms with van der Waals surface area (Å²) in [6, 6.07) is 4.53. The molecule has 5 heteroatoms. The molecule has 3 N–H and O–H groups in total. The van der Waals surface area contributed by atoms with Gasteiger partial charge in [0.2, 0.25) is 0 Å². The van der Waals surface area contributed by atoms with Gasteiger partial charge in [0.15, 0.2) is 0 Å². The number of rotatable bonds is 3. The topological polar surface area (TPSA) is 80.4 Å². The van der Waals surface area contributed by atoms with Crippen LogP contribution in [0.5, 0.6) is 0 Å². The van der Waals surface area contributed by atoms with E-state index in [1.807, 2.05) is 6.92 Å². The zero-order valence-corrected chi connectivity index (χ0v) is 8.71. The van der Waals surface area contributed by atoms with Crippen molar-refractivity contribution in [2.24, 2.45) is 0 Å². The second-order valence-corrected chi connectivity index (χ2v) is 4.48. The molecule has 0 aliphatic heterocycles. The lowest BCUT2D eigenvalue weighted by molar-refractivity contribution is 0.482. The van der Waals surface area contributed by atoms with E-state index in [0.29, 0.717) is 17.7 Å². The van der Waals surface area contributed by atoms with Gasteiger partial charge in [-0.1, -0.05) is 19.4 Å². The lowest BCUT2D eigenvalue weighted by Crippen LogP contribution is -2.04. The summed E-state index contributed by atoms with van der Waals surface area (Å²) in [5.41, 5.74) is 6.38. The highest BCUT2D eigenvalue weighted by Gasteiger charge is 2.14. The summed E-state index contributed by atoms with van der Waals surface area (Å²) in [7, 11) is -4.16. The Labute approximate surface area is 83.5 Å². The van der Waals surface area contributed by atoms with Gasteiger partial charge in [0, 0.05) is 5.69 Å². The van der Waals surface area contributed by atoms with Crippen LogP contribution in [0.3, 0.4) is 0 Å². The summed E-state index contributed by atoms with van der Waals surface area (Å²) in [6.45, 7) is 1.93. The smallest absolute Gasteiger partial charge is 0.294 e. The maximum absolute atomic E-state index is 11.0. The van der Waals surface area contributed by atoms with Crippen molar-refractivity contribution in [3.05, 3.63) is 23.8 Å². The number of nitrogens with two attached hydrogens (primary N) is 1. The van der Waals surface area contributed by atoms with E-state index in [1.165, 1.54) is 6.07 Å². The second-order valence-electron chi connectivity index (χ2n) is 3.09. The Balaban J connectivity index is 3.30. The number of benzene rings is 1. The summed E-state index contributed by atoms with van der Waals surface area (Å²) in [5.74, 6) is 0. The third-order valence-corrected chi connectivity index (χ3v) is 2.82. The molecule has 0 bridgehead atoms. The minimum absolute atomic E-state index is 0.0839. The van der Waals surface area contributed by atoms with E-state index in [9.17, 15) is 8.42 Å². The van der Waals surface area contributed by atoms with E-state index < -0.39 is 10.1 Å². The average molecular weight is 215 g/mol. The van der Waals surface area contributed by atoms with Gasteiger partial charge in [-0.3, -0.25) is 4.55 Å². The summed E-state index contributed by atoms with van der Waals surface area (Å²) < 4.78 is 30.9. The second kappa shape index (κ2) is 3.98. The highest BCUT2D eigenvalue weighted by atomic mass is 32.2. The molecule has 1 aromatic rings. The number of nitrogen functional groups attached to an aromatic ring is 1. The first kappa shape index (κ1) is 11.0. The minimum atomic E-state index is -4.16. The first-order chi connectivity index (χ1) is 6.45. The quantitative estimate of drug-likeness (QED) is 0.591.